The van der Waals surface area contributed by atoms with Crippen LogP contribution in [0, 0.1) is 6.92 Å². The lowest BCUT2D eigenvalue weighted by atomic mass is 9.85. The summed E-state index contributed by atoms with van der Waals surface area (Å²) < 4.78 is 11.9. The molecule has 5 heteroatoms. The van der Waals surface area contributed by atoms with Crippen molar-refractivity contribution in [1.29, 1.82) is 0 Å². The van der Waals surface area contributed by atoms with Crippen LogP contribution in [0.1, 0.15) is 11.1 Å². The Kier molecular flexibility index (Phi) is 4.22. The number of benzene rings is 1. The summed E-state index contributed by atoms with van der Waals surface area (Å²) in [5, 5.41) is 0. The summed E-state index contributed by atoms with van der Waals surface area (Å²) in [5.74, 6) is 1.99. The molecule has 2 aliphatic rings. The van der Waals surface area contributed by atoms with Crippen LogP contribution in [0.3, 0.4) is 0 Å². The number of aryl methyl sites for hydroxylation is 1. The SMILES string of the molecule is C=C(CN)CN1CC(Oc2ccc3c(c2C)OBCC3)C1. The molecule has 0 spiro atoms. The van der Waals surface area contributed by atoms with Crippen LogP contribution in [0.15, 0.2) is 24.3 Å². The van der Waals surface area contributed by atoms with E-state index in [4.69, 9.17) is 15.1 Å². The Labute approximate surface area is 127 Å². The third-order valence-corrected chi connectivity index (χ3v) is 4.23. The third-order valence-electron chi connectivity index (χ3n) is 4.23. The van der Waals surface area contributed by atoms with Gasteiger partial charge in [-0.15, -0.1) is 0 Å². The zero-order valence-electron chi connectivity index (χ0n) is 12.7. The Bertz CT molecular complexity index is 541. The lowest BCUT2D eigenvalue weighted by Crippen LogP contribution is -2.54. The van der Waals surface area contributed by atoms with Crippen LogP contribution >= 0.6 is 0 Å². The van der Waals surface area contributed by atoms with E-state index < -0.39 is 0 Å². The van der Waals surface area contributed by atoms with Crippen molar-refractivity contribution in [3.8, 4) is 11.5 Å². The Morgan fingerprint density at radius 3 is 3.10 bits per heavy atom. The van der Waals surface area contributed by atoms with Crippen molar-refractivity contribution in [2.24, 2.45) is 5.73 Å². The number of likely N-dealkylation sites (tertiary alicyclic amines) is 1. The summed E-state index contributed by atoms with van der Waals surface area (Å²) in [7, 11) is 0.815. The molecule has 1 saturated heterocycles. The summed E-state index contributed by atoms with van der Waals surface area (Å²) in [6.45, 7) is 9.35. The van der Waals surface area contributed by atoms with E-state index >= 15 is 0 Å². The molecule has 112 valence electrons. The zero-order chi connectivity index (χ0) is 14.8. The second kappa shape index (κ2) is 6.12. The van der Waals surface area contributed by atoms with Crippen molar-refractivity contribution >= 4 is 7.48 Å². The Hall–Kier alpha value is -1.46. The average molecular weight is 286 g/mol. The Morgan fingerprint density at radius 2 is 2.33 bits per heavy atom. The number of nitrogens with zero attached hydrogens (tertiary/aromatic N) is 1. The highest BCUT2D eigenvalue weighted by molar-refractivity contribution is 6.29. The van der Waals surface area contributed by atoms with Gasteiger partial charge >= 0.3 is 7.48 Å². The van der Waals surface area contributed by atoms with E-state index in [2.05, 4.69) is 30.5 Å². The highest BCUT2D eigenvalue weighted by atomic mass is 16.5. The summed E-state index contributed by atoms with van der Waals surface area (Å²) in [5.41, 5.74) is 9.09. The fraction of sp³-hybridized carbons (Fsp3) is 0.500. The van der Waals surface area contributed by atoms with Gasteiger partial charge in [-0.1, -0.05) is 12.6 Å². The van der Waals surface area contributed by atoms with Crippen LogP contribution in [0.2, 0.25) is 6.32 Å². The fourth-order valence-electron chi connectivity index (χ4n) is 2.98. The van der Waals surface area contributed by atoms with E-state index in [0.717, 1.165) is 62.5 Å². The molecule has 1 fully saturated rings. The van der Waals surface area contributed by atoms with E-state index in [0.29, 0.717) is 6.54 Å². The number of fused-ring (bicyclic) bond motifs is 1. The second-order valence-corrected chi connectivity index (χ2v) is 6.02. The fourth-order valence-corrected chi connectivity index (χ4v) is 2.98. The van der Waals surface area contributed by atoms with Crippen molar-refractivity contribution < 1.29 is 9.39 Å². The van der Waals surface area contributed by atoms with E-state index in [9.17, 15) is 0 Å². The van der Waals surface area contributed by atoms with Crippen LogP contribution in [0.4, 0.5) is 0 Å². The molecule has 2 aliphatic heterocycles. The van der Waals surface area contributed by atoms with E-state index in [-0.39, 0.29) is 6.10 Å². The molecule has 2 N–H and O–H groups in total. The average Bonchev–Trinajstić information content (AvgIpc) is 2.47. The molecule has 0 aromatic heterocycles. The summed E-state index contributed by atoms with van der Waals surface area (Å²) in [6.07, 6.45) is 2.47. The van der Waals surface area contributed by atoms with E-state index in [1.165, 1.54) is 5.56 Å². The van der Waals surface area contributed by atoms with Crippen LogP contribution in [-0.2, 0) is 6.42 Å². The monoisotopic (exact) mass is 286 g/mol. The van der Waals surface area contributed by atoms with Gasteiger partial charge in [0, 0.05) is 31.7 Å². The topological polar surface area (TPSA) is 47.7 Å². The first kappa shape index (κ1) is 14.5. The molecule has 0 atom stereocenters. The van der Waals surface area contributed by atoms with Crippen LogP contribution in [0.25, 0.3) is 0 Å². The molecule has 0 radical (unpaired) electrons. The molecule has 2 heterocycles. The van der Waals surface area contributed by atoms with Gasteiger partial charge < -0.3 is 15.1 Å². The number of hydrogen-bond donors (Lipinski definition) is 1. The largest absolute Gasteiger partial charge is 0.564 e. The van der Waals surface area contributed by atoms with Crippen LogP contribution < -0.4 is 15.1 Å². The third kappa shape index (κ3) is 3.09. The van der Waals surface area contributed by atoms with Gasteiger partial charge in [-0.05, 0) is 36.9 Å². The van der Waals surface area contributed by atoms with Gasteiger partial charge in [0.25, 0.3) is 0 Å². The summed E-state index contributed by atoms with van der Waals surface area (Å²) >= 11 is 0. The predicted octanol–water partition coefficient (Wildman–Crippen LogP) is 1.28. The van der Waals surface area contributed by atoms with Gasteiger partial charge in [0.2, 0.25) is 0 Å². The van der Waals surface area contributed by atoms with Gasteiger partial charge in [0.05, 0.1) is 0 Å². The first-order valence-corrected chi connectivity index (χ1v) is 7.68. The molecule has 0 unspecified atom stereocenters. The number of nitrogens with two attached hydrogens (primary N) is 1. The van der Waals surface area contributed by atoms with Crippen LogP contribution in [-0.4, -0.2) is 44.7 Å². The molecule has 1 aromatic carbocycles. The molecule has 1 aromatic rings. The van der Waals surface area contributed by atoms with Crippen molar-refractivity contribution in [3.05, 3.63) is 35.4 Å². The molecular formula is C16H23BN2O2. The number of rotatable bonds is 5. The Balaban J connectivity index is 1.58. The van der Waals surface area contributed by atoms with Crippen LogP contribution in [0.5, 0.6) is 11.5 Å². The zero-order valence-corrected chi connectivity index (χ0v) is 12.7. The molecule has 3 rings (SSSR count). The molecule has 0 amide bonds. The molecule has 21 heavy (non-hydrogen) atoms. The number of hydrogen-bond acceptors (Lipinski definition) is 4. The van der Waals surface area contributed by atoms with Crippen molar-refractivity contribution in [2.75, 3.05) is 26.2 Å². The molecule has 4 nitrogen and oxygen atoms in total. The molecule has 0 saturated carbocycles. The lowest BCUT2D eigenvalue weighted by Gasteiger charge is -2.39. The summed E-state index contributed by atoms with van der Waals surface area (Å²) in [4.78, 5) is 2.31. The standard InChI is InChI=1S/C16H23BN2O2/c1-11(7-18)8-19-9-14(10-19)20-15-4-3-13-5-6-17-21-16(13)12(15)2/h3-4,14,17H,1,5-10,18H2,2H3. The molecular weight excluding hydrogens is 263 g/mol. The maximum absolute atomic E-state index is 6.11. The second-order valence-electron chi connectivity index (χ2n) is 6.02. The van der Waals surface area contributed by atoms with Crippen molar-refractivity contribution in [2.45, 2.75) is 25.8 Å². The van der Waals surface area contributed by atoms with Crippen molar-refractivity contribution in [3.63, 3.8) is 0 Å². The van der Waals surface area contributed by atoms with E-state index in [1.807, 2.05) is 0 Å². The molecule has 0 bridgehead atoms. The lowest BCUT2D eigenvalue weighted by molar-refractivity contribution is 0.0259. The normalized spacial score (nSPS) is 18.2. The van der Waals surface area contributed by atoms with E-state index in [1.54, 1.807) is 0 Å². The van der Waals surface area contributed by atoms with Gasteiger partial charge in [-0.25, -0.2) is 0 Å². The van der Waals surface area contributed by atoms with Gasteiger partial charge in [0.1, 0.15) is 17.6 Å². The van der Waals surface area contributed by atoms with Gasteiger partial charge in [-0.2, -0.15) is 0 Å². The minimum atomic E-state index is 0.260. The van der Waals surface area contributed by atoms with Gasteiger partial charge in [0.15, 0.2) is 0 Å². The highest BCUT2D eigenvalue weighted by Gasteiger charge is 2.29. The first-order chi connectivity index (χ1) is 10.2. The quantitative estimate of drug-likeness (QED) is 0.654. The molecule has 0 aliphatic carbocycles. The predicted molar refractivity (Wildman–Crippen MR) is 86.5 cm³/mol. The smallest absolute Gasteiger partial charge is 0.340 e. The van der Waals surface area contributed by atoms with Gasteiger partial charge in [-0.3, -0.25) is 4.90 Å². The maximum atomic E-state index is 6.11. The van der Waals surface area contributed by atoms with Crippen molar-refractivity contribution in [1.82, 2.24) is 4.90 Å². The minimum absolute atomic E-state index is 0.260. The first-order valence-electron chi connectivity index (χ1n) is 7.68. The maximum Gasteiger partial charge on any atom is 0.340 e. The minimum Gasteiger partial charge on any atom is -0.564 e. The Morgan fingerprint density at radius 1 is 1.52 bits per heavy atom. The highest BCUT2D eigenvalue weighted by Crippen LogP contribution is 2.35. The summed E-state index contributed by atoms with van der Waals surface area (Å²) in [6, 6.07) is 4.23. The number of ether oxygens (including phenoxy) is 1.